The molecule has 2 aromatic heterocycles. The van der Waals surface area contributed by atoms with E-state index in [2.05, 4.69) is 162 Å². The molecular weight excluding hydrogens is 669 g/mol. The van der Waals surface area contributed by atoms with Crippen molar-refractivity contribution in [2.75, 3.05) is 0 Å². The number of hydrogen-bond acceptors (Lipinski definition) is 3. The molecule has 7 aromatic carbocycles. The second kappa shape index (κ2) is 14.7. The van der Waals surface area contributed by atoms with Crippen LogP contribution >= 0.6 is 0 Å². The summed E-state index contributed by atoms with van der Waals surface area (Å²) in [6.07, 6.45) is 8.04. The highest BCUT2D eigenvalue weighted by Gasteiger charge is 2.13. The largest absolute Gasteiger partial charge is 0.299 e. The van der Waals surface area contributed by atoms with E-state index < -0.39 is 0 Å². The molecule has 4 nitrogen and oxygen atoms in total. The van der Waals surface area contributed by atoms with Crippen molar-refractivity contribution >= 4 is 27.4 Å². The number of allylic oxidation sites excluding steroid dienone is 4. The molecule has 0 aliphatic rings. The Bertz CT molecular complexity index is 2850. The normalized spacial score (nSPS) is 11.9. The molecule has 0 unspecified atom stereocenters. The molecule has 0 fully saturated rings. The van der Waals surface area contributed by atoms with Gasteiger partial charge >= 0.3 is 0 Å². The van der Waals surface area contributed by atoms with Gasteiger partial charge in [0.1, 0.15) is 6.33 Å². The molecule has 55 heavy (non-hydrogen) atoms. The van der Waals surface area contributed by atoms with Gasteiger partial charge in [0.05, 0.1) is 22.4 Å². The number of hydrogen-bond donors (Lipinski definition) is 0. The van der Waals surface area contributed by atoms with E-state index >= 15 is 0 Å². The van der Waals surface area contributed by atoms with Crippen LogP contribution in [0.1, 0.15) is 19.7 Å². The van der Waals surface area contributed by atoms with E-state index in [0.29, 0.717) is 5.82 Å². The lowest BCUT2D eigenvalue weighted by molar-refractivity contribution is 1.09. The molecule has 0 amide bonds. The molecule has 4 heteroatoms. The van der Waals surface area contributed by atoms with E-state index in [0.717, 1.165) is 55.9 Å². The molecule has 0 spiro atoms. The van der Waals surface area contributed by atoms with Crippen LogP contribution in [-0.4, -0.2) is 19.5 Å². The summed E-state index contributed by atoms with van der Waals surface area (Å²) in [7, 11) is 0. The average molecular weight is 707 g/mol. The van der Waals surface area contributed by atoms with Gasteiger partial charge in [0.25, 0.3) is 0 Å². The zero-order valence-electron chi connectivity index (χ0n) is 30.8. The lowest BCUT2D eigenvalue weighted by atomic mass is 9.94. The minimum absolute atomic E-state index is 0.717. The molecule has 0 aliphatic heterocycles. The molecule has 0 atom stereocenters. The third kappa shape index (κ3) is 6.67. The van der Waals surface area contributed by atoms with E-state index in [1.54, 1.807) is 0 Å². The fourth-order valence-corrected chi connectivity index (χ4v) is 7.34. The van der Waals surface area contributed by atoms with Gasteiger partial charge in [0.2, 0.25) is 0 Å². The minimum Gasteiger partial charge on any atom is -0.299 e. The molecule has 0 radical (unpaired) electrons. The number of benzene rings is 7. The number of nitrogens with zero attached hydrogens (tertiary/aromatic N) is 4. The van der Waals surface area contributed by atoms with E-state index in [9.17, 15) is 0 Å². The molecule has 0 N–H and O–H groups in total. The van der Waals surface area contributed by atoms with Crippen molar-refractivity contribution < 1.29 is 0 Å². The highest BCUT2D eigenvalue weighted by Crippen LogP contribution is 2.35. The summed E-state index contributed by atoms with van der Waals surface area (Å²) < 4.78 is 2.13. The number of imidazole rings is 1. The zero-order valence-corrected chi connectivity index (χ0v) is 30.8. The Hall–Kier alpha value is -7.17. The van der Waals surface area contributed by atoms with Crippen molar-refractivity contribution in [1.29, 1.82) is 0 Å². The van der Waals surface area contributed by atoms with Crippen LogP contribution in [0.5, 0.6) is 0 Å². The van der Waals surface area contributed by atoms with Crippen molar-refractivity contribution in [3.8, 4) is 61.6 Å². The molecule has 0 saturated heterocycles. The first-order chi connectivity index (χ1) is 27.1. The SMILES string of the molecule is C/C=C\C(=C/C)c1nc(-c2ccccc2)cc(-c2ccc(-c3cccc4cc(-c5ccc(-c6ccc7c(c6)ncn7-c6ccccc6)cc5)ccc34)cc2)n1. The summed E-state index contributed by atoms with van der Waals surface area (Å²) in [5.41, 5.74) is 15.2. The van der Waals surface area contributed by atoms with E-state index in [1.165, 1.54) is 33.0 Å². The third-order valence-electron chi connectivity index (χ3n) is 10.2. The third-order valence-corrected chi connectivity index (χ3v) is 10.2. The molecule has 0 saturated carbocycles. The summed E-state index contributed by atoms with van der Waals surface area (Å²) in [5, 5.41) is 2.43. The molecule has 262 valence electrons. The molecule has 2 heterocycles. The highest BCUT2D eigenvalue weighted by molar-refractivity contribution is 5.99. The maximum Gasteiger partial charge on any atom is 0.160 e. The molecule has 0 aliphatic carbocycles. The Balaban J connectivity index is 0.986. The van der Waals surface area contributed by atoms with Crippen LogP contribution in [0.3, 0.4) is 0 Å². The maximum atomic E-state index is 5.02. The van der Waals surface area contributed by atoms with E-state index in [-0.39, 0.29) is 0 Å². The van der Waals surface area contributed by atoms with Gasteiger partial charge in [0.15, 0.2) is 5.82 Å². The van der Waals surface area contributed by atoms with E-state index in [1.807, 2.05) is 50.5 Å². The van der Waals surface area contributed by atoms with Gasteiger partial charge in [-0.3, -0.25) is 4.57 Å². The van der Waals surface area contributed by atoms with Crippen LogP contribution in [0.2, 0.25) is 0 Å². The van der Waals surface area contributed by atoms with Crippen LogP contribution < -0.4 is 0 Å². The van der Waals surface area contributed by atoms with Crippen LogP contribution in [0.4, 0.5) is 0 Å². The molecule has 9 rings (SSSR count). The number of para-hydroxylation sites is 1. The first-order valence-electron chi connectivity index (χ1n) is 18.7. The van der Waals surface area contributed by atoms with Crippen molar-refractivity contribution in [2.45, 2.75) is 13.8 Å². The van der Waals surface area contributed by atoms with Gasteiger partial charge < -0.3 is 0 Å². The fourth-order valence-electron chi connectivity index (χ4n) is 7.34. The van der Waals surface area contributed by atoms with Gasteiger partial charge in [0, 0.05) is 22.4 Å². The van der Waals surface area contributed by atoms with Crippen LogP contribution in [-0.2, 0) is 0 Å². The van der Waals surface area contributed by atoms with Gasteiger partial charge in [-0.15, -0.1) is 0 Å². The van der Waals surface area contributed by atoms with Gasteiger partial charge in [-0.2, -0.15) is 0 Å². The average Bonchev–Trinajstić information content (AvgIpc) is 3.69. The van der Waals surface area contributed by atoms with Crippen LogP contribution in [0, 0.1) is 0 Å². The van der Waals surface area contributed by atoms with Gasteiger partial charge in [-0.25, -0.2) is 15.0 Å². The van der Waals surface area contributed by atoms with E-state index in [4.69, 9.17) is 15.0 Å². The predicted octanol–water partition coefficient (Wildman–Crippen LogP) is 13.3. The highest BCUT2D eigenvalue weighted by atomic mass is 15.0. The maximum absolute atomic E-state index is 5.02. The molecule has 9 aromatic rings. The van der Waals surface area contributed by atoms with Gasteiger partial charge in [-0.1, -0.05) is 152 Å². The predicted molar refractivity (Wildman–Crippen MR) is 230 cm³/mol. The summed E-state index contributed by atoms with van der Waals surface area (Å²) in [4.78, 5) is 14.7. The summed E-state index contributed by atoms with van der Waals surface area (Å²) >= 11 is 0. The van der Waals surface area contributed by atoms with Crippen molar-refractivity contribution in [1.82, 2.24) is 19.5 Å². The Morgan fingerprint density at radius 1 is 0.509 bits per heavy atom. The quantitative estimate of drug-likeness (QED) is 0.148. The smallest absolute Gasteiger partial charge is 0.160 e. The Morgan fingerprint density at radius 3 is 1.80 bits per heavy atom. The Morgan fingerprint density at radius 2 is 1.11 bits per heavy atom. The monoisotopic (exact) mass is 706 g/mol. The summed E-state index contributed by atoms with van der Waals surface area (Å²) in [6, 6.07) is 60.1. The molecule has 0 bridgehead atoms. The Kier molecular flexibility index (Phi) is 8.99. The van der Waals surface area contributed by atoms with Crippen LogP contribution in [0.25, 0.3) is 89.0 Å². The van der Waals surface area contributed by atoms with Crippen molar-refractivity contribution in [3.05, 3.63) is 200 Å². The minimum atomic E-state index is 0.717. The number of fused-ring (bicyclic) bond motifs is 2. The van der Waals surface area contributed by atoms with Gasteiger partial charge in [-0.05, 0) is 94.4 Å². The topological polar surface area (TPSA) is 43.6 Å². The number of rotatable bonds is 8. The number of aromatic nitrogens is 4. The second-order valence-electron chi connectivity index (χ2n) is 13.6. The lowest BCUT2D eigenvalue weighted by Crippen LogP contribution is -1.98. The second-order valence-corrected chi connectivity index (χ2v) is 13.6. The fraction of sp³-hybridized carbons (Fsp3) is 0.0392. The first-order valence-corrected chi connectivity index (χ1v) is 18.7. The first kappa shape index (κ1) is 33.7. The lowest BCUT2D eigenvalue weighted by Gasteiger charge is -2.12. The van der Waals surface area contributed by atoms with Crippen LogP contribution in [0.15, 0.2) is 194 Å². The summed E-state index contributed by atoms with van der Waals surface area (Å²) in [6.45, 7) is 4.04. The van der Waals surface area contributed by atoms with Crippen molar-refractivity contribution in [3.63, 3.8) is 0 Å². The summed E-state index contributed by atoms with van der Waals surface area (Å²) in [5.74, 6) is 0.717. The Labute approximate surface area is 321 Å². The standard InChI is InChI=1S/C51H38N4/c1-3-12-35(4-2)51-53-47(39-13-7-5-8-14-39)33-48(54-51)40-25-23-38(24-26-40)45-18-11-15-43-31-41(27-29-46(43)45)36-19-21-37(22-20-36)42-28-30-50-49(32-42)52-34-55(50)44-16-9-6-10-17-44/h3-34H,1-2H3/b12-3-,35-4+. The van der Waals surface area contributed by atoms with Crippen molar-refractivity contribution in [2.24, 2.45) is 0 Å². The molecular formula is C51H38N4. The zero-order chi connectivity index (χ0) is 37.1.